The van der Waals surface area contributed by atoms with Gasteiger partial charge in [-0.05, 0) is 65.4 Å². The second kappa shape index (κ2) is 11.4. The second-order valence-corrected chi connectivity index (χ2v) is 12.6. The molecule has 50 heavy (non-hydrogen) atoms. The van der Waals surface area contributed by atoms with Gasteiger partial charge in [0.1, 0.15) is 0 Å². The Kier molecular flexibility index (Phi) is 6.42. The molecule has 3 aromatic heterocycles. The Morgan fingerprint density at radius 1 is 0.340 bits per heavy atom. The van der Waals surface area contributed by atoms with Crippen LogP contribution in [0.3, 0.4) is 0 Å². The molecule has 10 rings (SSSR count). The van der Waals surface area contributed by atoms with Crippen molar-refractivity contribution in [2.45, 2.75) is 0 Å². The minimum absolute atomic E-state index is 0.638. The molecule has 7 aromatic carbocycles. The summed E-state index contributed by atoms with van der Waals surface area (Å²) in [6.07, 6.45) is 2.17. The summed E-state index contributed by atoms with van der Waals surface area (Å²) in [5.41, 5.74) is 8.60. The van der Waals surface area contributed by atoms with E-state index in [9.17, 15) is 0 Å². The number of rotatable bonds is 5. The third-order valence-electron chi connectivity index (χ3n) is 9.58. The molecule has 0 atom stereocenters. The molecule has 3 heterocycles. The SMILES string of the molecule is c1ccc(-c2nc(-c3ccccc3)nc(-c3cccc(-n4ccc5c6cc7c8ccccc8n(-c8ccccc8)c7cc6ccc54)c3)n2)cc1. The molecule has 5 heteroatoms. The van der Waals surface area contributed by atoms with Crippen LogP contribution in [0, 0.1) is 0 Å². The summed E-state index contributed by atoms with van der Waals surface area (Å²) in [6, 6.07) is 59.4. The van der Waals surface area contributed by atoms with Crippen molar-refractivity contribution in [1.29, 1.82) is 0 Å². The molecule has 0 N–H and O–H groups in total. The van der Waals surface area contributed by atoms with E-state index in [4.69, 9.17) is 15.0 Å². The summed E-state index contributed by atoms with van der Waals surface area (Å²) in [5, 5.41) is 6.16. The summed E-state index contributed by atoms with van der Waals surface area (Å²) in [4.78, 5) is 14.8. The molecule has 0 spiro atoms. The average Bonchev–Trinajstić information content (AvgIpc) is 3.77. The van der Waals surface area contributed by atoms with Crippen molar-refractivity contribution in [2.75, 3.05) is 0 Å². The molecule has 0 amide bonds. The number of aromatic nitrogens is 5. The maximum atomic E-state index is 4.97. The van der Waals surface area contributed by atoms with Gasteiger partial charge in [0, 0.05) is 50.4 Å². The highest BCUT2D eigenvalue weighted by atomic mass is 15.0. The van der Waals surface area contributed by atoms with Crippen LogP contribution in [-0.2, 0) is 0 Å². The third-order valence-corrected chi connectivity index (χ3v) is 9.58. The molecule has 0 aliphatic carbocycles. The highest BCUT2D eigenvalue weighted by Gasteiger charge is 2.16. The molecule has 0 unspecified atom stereocenters. The monoisotopic (exact) mass is 639 g/mol. The van der Waals surface area contributed by atoms with E-state index in [-0.39, 0.29) is 0 Å². The number of nitrogens with zero attached hydrogens (tertiary/aromatic N) is 5. The highest BCUT2D eigenvalue weighted by Crippen LogP contribution is 2.38. The fourth-order valence-electron chi connectivity index (χ4n) is 7.23. The lowest BCUT2D eigenvalue weighted by Gasteiger charge is -2.11. The molecule has 0 aliphatic heterocycles. The molecule has 0 fully saturated rings. The Morgan fingerprint density at radius 3 is 1.64 bits per heavy atom. The zero-order valence-corrected chi connectivity index (χ0v) is 27.0. The van der Waals surface area contributed by atoms with Crippen molar-refractivity contribution in [3.05, 3.63) is 176 Å². The van der Waals surface area contributed by atoms with Crippen LogP contribution in [0.15, 0.2) is 176 Å². The highest BCUT2D eigenvalue weighted by molar-refractivity contribution is 6.18. The van der Waals surface area contributed by atoms with Crippen LogP contribution in [0.25, 0.3) is 89.0 Å². The lowest BCUT2D eigenvalue weighted by Crippen LogP contribution is -2.00. The molecule has 0 saturated heterocycles. The van der Waals surface area contributed by atoms with Gasteiger partial charge in [-0.15, -0.1) is 0 Å². The molecular formula is C45H29N5. The van der Waals surface area contributed by atoms with E-state index in [0.29, 0.717) is 17.5 Å². The zero-order valence-electron chi connectivity index (χ0n) is 27.0. The molecule has 10 aromatic rings. The first-order chi connectivity index (χ1) is 24.8. The summed E-state index contributed by atoms with van der Waals surface area (Å²) < 4.78 is 4.63. The van der Waals surface area contributed by atoms with Crippen molar-refractivity contribution in [3.8, 4) is 45.5 Å². The Labute approximate surface area is 288 Å². The molecule has 0 radical (unpaired) electrons. The first kappa shape index (κ1) is 28.2. The number of fused-ring (bicyclic) bond motifs is 6. The lowest BCUT2D eigenvalue weighted by molar-refractivity contribution is 1.07. The van der Waals surface area contributed by atoms with E-state index in [0.717, 1.165) is 33.6 Å². The van der Waals surface area contributed by atoms with Crippen LogP contribution in [-0.4, -0.2) is 24.1 Å². The van der Waals surface area contributed by atoms with Crippen LogP contribution >= 0.6 is 0 Å². The van der Waals surface area contributed by atoms with Crippen molar-refractivity contribution in [2.24, 2.45) is 0 Å². The van der Waals surface area contributed by atoms with E-state index in [1.807, 2.05) is 60.7 Å². The Hall–Kier alpha value is -6.85. The number of hydrogen-bond donors (Lipinski definition) is 0. The molecular weight excluding hydrogens is 611 g/mol. The maximum Gasteiger partial charge on any atom is 0.164 e. The van der Waals surface area contributed by atoms with Gasteiger partial charge in [-0.3, -0.25) is 0 Å². The summed E-state index contributed by atoms with van der Waals surface area (Å²) in [6.45, 7) is 0. The van der Waals surface area contributed by atoms with Gasteiger partial charge in [0.25, 0.3) is 0 Å². The first-order valence-corrected chi connectivity index (χ1v) is 16.8. The van der Waals surface area contributed by atoms with Crippen LogP contribution in [0.5, 0.6) is 0 Å². The minimum Gasteiger partial charge on any atom is -0.317 e. The number of hydrogen-bond acceptors (Lipinski definition) is 3. The Balaban J connectivity index is 1.12. The van der Waals surface area contributed by atoms with Crippen LogP contribution < -0.4 is 0 Å². The standard InChI is InChI=1S/C45H29N5/c1-4-13-30(14-5-1)43-46-44(31-15-6-2-7-16-31)48-45(47-43)33-17-12-20-35(27-33)49-26-25-37-38-29-39-36-21-10-11-22-41(36)50(34-18-8-3-9-19-34)42(39)28-32(38)23-24-40(37)49/h1-29H. The van der Waals surface area contributed by atoms with Gasteiger partial charge in [-0.1, -0.05) is 115 Å². The minimum atomic E-state index is 0.638. The van der Waals surface area contributed by atoms with Gasteiger partial charge in [-0.25, -0.2) is 15.0 Å². The van der Waals surface area contributed by atoms with Gasteiger partial charge in [0.05, 0.1) is 16.6 Å². The topological polar surface area (TPSA) is 48.5 Å². The number of para-hydroxylation sites is 2. The van der Waals surface area contributed by atoms with Crippen molar-refractivity contribution < 1.29 is 0 Å². The second-order valence-electron chi connectivity index (χ2n) is 12.6. The predicted octanol–water partition coefficient (Wildman–Crippen LogP) is 11.1. The molecule has 5 nitrogen and oxygen atoms in total. The average molecular weight is 640 g/mol. The first-order valence-electron chi connectivity index (χ1n) is 16.8. The Morgan fingerprint density at radius 2 is 0.920 bits per heavy atom. The van der Waals surface area contributed by atoms with Gasteiger partial charge < -0.3 is 9.13 Å². The van der Waals surface area contributed by atoms with Crippen molar-refractivity contribution >= 4 is 43.5 Å². The van der Waals surface area contributed by atoms with Crippen LogP contribution in [0.2, 0.25) is 0 Å². The van der Waals surface area contributed by atoms with E-state index in [2.05, 4.69) is 125 Å². The molecule has 234 valence electrons. The van der Waals surface area contributed by atoms with Gasteiger partial charge in [0.2, 0.25) is 0 Å². The molecule has 0 aliphatic rings. The predicted molar refractivity (Wildman–Crippen MR) is 205 cm³/mol. The van der Waals surface area contributed by atoms with E-state index >= 15 is 0 Å². The van der Waals surface area contributed by atoms with E-state index < -0.39 is 0 Å². The summed E-state index contributed by atoms with van der Waals surface area (Å²) >= 11 is 0. The lowest BCUT2D eigenvalue weighted by atomic mass is 10.0. The third kappa shape index (κ3) is 4.60. The van der Waals surface area contributed by atoms with E-state index in [1.165, 1.54) is 38.0 Å². The van der Waals surface area contributed by atoms with Crippen molar-refractivity contribution in [1.82, 2.24) is 24.1 Å². The summed E-state index contributed by atoms with van der Waals surface area (Å²) in [7, 11) is 0. The van der Waals surface area contributed by atoms with Gasteiger partial charge in [-0.2, -0.15) is 0 Å². The zero-order chi connectivity index (χ0) is 33.0. The normalized spacial score (nSPS) is 11.6. The maximum absolute atomic E-state index is 4.97. The smallest absolute Gasteiger partial charge is 0.164 e. The van der Waals surface area contributed by atoms with Gasteiger partial charge >= 0.3 is 0 Å². The fraction of sp³-hybridized carbons (Fsp3) is 0. The molecule has 0 bridgehead atoms. The largest absolute Gasteiger partial charge is 0.317 e. The number of benzene rings is 7. The quantitative estimate of drug-likeness (QED) is 0.188. The van der Waals surface area contributed by atoms with Crippen molar-refractivity contribution in [3.63, 3.8) is 0 Å². The Bertz CT molecular complexity index is 2800. The van der Waals surface area contributed by atoms with Crippen LogP contribution in [0.4, 0.5) is 0 Å². The van der Waals surface area contributed by atoms with E-state index in [1.54, 1.807) is 0 Å². The fourth-order valence-corrected chi connectivity index (χ4v) is 7.23. The summed E-state index contributed by atoms with van der Waals surface area (Å²) in [5.74, 6) is 1.94. The van der Waals surface area contributed by atoms with Gasteiger partial charge in [0.15, 0.2) is 17.5 Å². The molecule has 0 saturated carbocycles. The van der Waals surface area contributed by atoms with Crippen LogP contribution in [0.1, 0.15) is 0 Å².